The van der Waals surface area contributed by atoms with Gasteiger partial charge in [-0.05, 0) is 84.6 Å². The molecule has 242 valence electrons. The van der Waals surface area contributed by atoms with Crippen LogP contribution in [-0.4, -0.2) is 52.6 Å². The van der Waals surface area contributed by atoms with Crippen molar-refractivity contribution in [2.24, 2.45) is 0 Å². The van der Waals surface area contributed by atoms with Crippen LogP contribution in [0.3, 0.4) is 0 Å². The van der Waals surface area contributed by atoms with Gasteiger partial charge >= 0.3 is 12.2 Å². The third-order valence-corrected chi connectivity index (χ3v) is 7.21. The first-order chi connectivity index (χ1) is 21.1. The van der Waals surface area contributed by atoms with E-state index in [0.29, 0.717) is 33.9 Å². The third kappa shape index (κ3) is 8.96. The molecule has 2 aromatic rings. The number of rotatable bonds is 8. The van der Waals surface area contributed by atoms with Crippen molar-refractivity contribution in [3.05, 3.63) is 52.7 Å². The van der Waals surface area contributed by atoms with Crippen LogP contribution in [0.5, 0.6) is 0 Å². The minimum Gasteiger partial charge on any atom is -0.444 e. The van der Waals surface area contributed by atoms with E-state index in [1.54, 1.807) is 20.8 Å². The molecule has 0 radical (unpaired) electrons. The van der Waals surface area contributed by atoms with Gasteiger partial charge in [0.1, 0.15) is 22.8 Å². The number of aryl methyl sites for hydroxylation is 1. The van der Waals surface area contributed by atoms with Crippen molar-refractivity contribution in [2.45, 2.75) is 104 Å². The minimum absolute atomic E-state index is 0.199. The van der Waals surface area contributed by atoms with Crippen molar-refractivity contribution in [2.75, 3.05) is 10.6 Å². The van der Waals surface area contributed by atoms with Crippen LogP contribution >= 0.6 is 0 Å². The molecule has 0 saturated heterocycles. The predicted molar refractivity (Wildman–Crippen MR) is 175 cm³/mol. The molecular weight excluding hydrogens is 574 g/mol. The summed E-state index contributed by atoms with van der Waals surface area (Å²) in [7, 11) is 0. The maximum absolute atomic E-state index is 13.2. The van der Waals surface area contributed by atoms with Crippen LogP contribution in [0.2, 0.25) is 0 Å². The summed E-state index contributed by atoms with van der Waals surface area (Å²) in [6.45, 7) is 12.9. The standard InChI is InChI=1S/C33H45N7O5/c1-19-11-10-12-21(15-19)37-28-26-22(18-35-29(26)41)25(20(16-34)17-36-30(42)44-32(2,3)4)27(40-28)38-23-13-8-9-14-24(23)39-31(43)45-33(5,6)7/h10-12,15-17,23-24,34H,8-9,13-14,18H2,1-7H3,(H,35,41)(H,36,42)(H,39,43)(H2,37,38,40)/b20-17+,34-16?/t23-,24+/m1/s1. The number of ether oxygens (including phenoxy) is 2. The molecule has 12 nitrogen and oxygen atoms in total. The second kappa shape index (κ2) is 13.6. The van der Waals surface area contributed by atoms with Crippen molar-refractivity contribution in [1.82, 2.24) is 20.9 Å². The topological polar surface area (TPSA) is 167 Å². The molecule has 1 fully saturated rings. The predicted octanol–water partition coefficient (Wildman–Crippen LogP) is 6.14. The molecule has 1 aliphatic carbocycles. The number of fused-ring (bicyclic) bond motifs is 1. The van der Waals surface area contributed by atoms with Crippen molar-refractivity contribution in [1.29, 1.82) is 5.41 Å². The van der Waals surface area contributed by atoms with Crippen LogP contribution < -0.4 is 26.6 Å². The fraction of sp³-hybridized carbons (Fsp3) is 0.485. The number of alkyl carbamates (subject to hydrolysis) is 2. The van der Waals surface area contributed by atoms with Crippen molar-refractivity contribution >= 4 is 47.2 Å². The lowest BCUT2D eigenvalue weighted by molar-refractivity contribution is 0.0486. The highest BCUT2D eigenvalue weighted by atomic mass is 16.6. The lowest BCUT2D eigenvalue weighted by Gasteiger charge is -2.34. The SMILES string of the molecule is Cc1cccc(Nc2nc(N[C@@H]3CCCC[C@@H]3NC(=O)OC(C)(C)C)c(/C(C=N)=C/NC(=O)OC(C)(C)C)c3c2C(=O)NC3)c1. The highest BCUT2D eigenvalue weighted by Gasteiger charge is 2.34. The van der Waals surface area contributed by atoms with Crippen molar-refractivity contribution in [3.63, 3.8) is 0 Å². The number of hydrogen-bond donors (Lipinski definition) is 6. The Bertz CT molecular complexity index is 1490. The Balaban J connectivity index is 1.79. The zero-order chi connectivity index (χ0) is 32.9. The first kappa shape index (κ1) is 33.3. The molecule has 1 saturated carbocycles. The smallest absolute Gasteiger partial charge is 0.411 e. The van der Waals surface area contributed by atoms with E-state index in [0.717, 1.165) is 43.1 Å². The van der Waals surface area contributed by atoms with E-state index in [2.05, 4.69) is 26.6 Å². The zero-order valence-electron chi connectivity index (χ0n) is 27.1. The fourth-order valence-electron chi connectivity index (χ4n) is 5.42. The van der Waals surface area contributed by atoms with E-state index in [4.69, 9.17) is 19.9 Å². The number of nitrogens with zero attached hydrogens (tertiary/aromatic N) is 1. The second-order valence-electron chi connectivity index (χ2n) is 13.4. The number of carbonyl (C=O) groups excluding carboxylic acids is 3. The molecule has 1 aromatic carbocycles. The van der Waals surface area contributed by atoms with Crippen molar-refractivity contribution < 1.29 is 23.9 Å². The summed E-state index contributed by atoms with van der Waals surface area (Å²) < 4.78 is 10.9. The number of aromatic nitrogens is 1. The largest absolute Gasteiger partial charge is 0.444 e. The molecule has 0 spiro atoms. The molecule has 2 heterocycles. The first-order valence-corrected chi connectivity index (χ1v) is 15.3. The van der Waals surface area contributed by atoms with Gasteiger partial charge in [0, 0.05) is 41.8 Å². The lowest BCUT2D eigenvalue weighted by atomic mass is 9.89. The molecule has 0 unspecified atom stereocenters. The van der Waals surface area contributed by atoms with Gasteiger partial charge in [-0.2, -0.15) is 0 Å². The average Bonchev–Trinajstić information content (AvgIpc) is 3.30. The highest BCUT2D eigenvalue weighted by molar-refractivity contribution is 6.14. The van der Waals surface area contributed by atoms with E-state index in [9.17, 15) is 14.4 Å². The Morgan fingerprint density at radius 2 is 1.67 bits per heavy atom. The molecule has 6 N–H and O–H groups in total. The van der Waals surface area contributed by atoms with E-state index >= 15 is 0 Å². The van der Waals surface area contributed by atoms with Crippen LogP contribution in [-0.2, 0) is 16.0 Å². The number of pyridine rings is 1. The Hall–Kier alpha value is -4.61. The van der Waals surface area contributed by atoms with Gasteiger partial charge < -0.3 is 36.2 Å². The summed E-state index contributed by atoms with van der Waals surface area (Å²) in [6.07, 6.45) is 4.67. The zero-order valence-corrected chi connectivity index (χ0v) is 27.1. The monoisotopic (exact) mass is 619 g/mol. The number of hydrogen-bond acceptors (Lipinski definition) is 9. The van der Waals surface area contributed by atoms with Gasteiger partial charge in [-0.25, -0.2) is 14.6 Å². The summed E-state index contributed by atoms with van der Waals surface area (Å²) in [4.78, 5) is 43.4. The van der Waals surface area contributed by atoms with Gasteiger partial charge in [0.25, 0.3) is 5.91 Å². The number of benzene rings is 1. The normalized spacial score (nSPS) is 18.3. The summed E-state index contributed by atoms with van der Waals surface area (Å²) >= 11 is 0. The molecule has 2 aliphatic rings. The summed E-state index contributed by atoms with van der Waals surface area (Å²) in [5.74, 6) is 0.463. The van der Waals surface area contributed by atoms with Crippen LogP contribution in [0.15, 0.2) is 30.5 Å². The van der Waals surface area contributed by atoms with Crippen LogP contribution in [0.25, 0.3) is 5.57 Å². The molecule has 0 bridgehead atoms. The van der Waals surface area contributed by atoms with Gasteiger partial charge in [-0.1, -0.05) is 25.0 Å². The van der Waals surface area contributed by atoms with Gasteiger partial charge in [0.05, 0.1) is 11.6 Å². The molecule has 3 amide bonds. The van der Waals surface area contributed by atoms with E-state index in [1.807, 2.05) is 52.0 Å². The molecule has 2 atom stereocenters. The van der Waals surface area contributed by atoms with Crippen LogP contribution in [0.1, 0.15) is 94.3 Å². The summed E-state index contributed by atoms with van der Waals surface area (Å²) in [6, 6.07) is 7.27. The van der Waals surface area contributed by atoms with Gasteiger partial charge in [-0.15, -0.1) is 0 Å². The Morgan fingerprint density at radius 1 is 1.00 bits per heavy atom. The Morgan fingerprint density at radius 3 is 2.31 bits per heavy atom. The van der Waals surface area contributed by atoms with E-state index < -0.39 is 23.4 Å². The molecule has 12 heteroatoms. The summed E-state index contributed by atoms with van der Waals surface area (Å²) in [5, 5.41) is 23.7. The first-order valence-electron chi connectivity index (χ1n) is 15.3. The van der Waals surface area contributed by atoms with Gasteiger partial charge in [0.15, 0.2) is 0 Å². The number of carbonyl (C=O) groups is 3. The number of allylic oxidation sites excluding steroid dienone is 1. The van der Waals surface area contributed by atoms with Crippen LogP contribution in [0, 0.1) is 12.3 Å². The second-order valence-corrected chi connectivity index (χ2v) is 13.4. The van der Waals surface area contributed by atoms with Crippen LogP contribution in [0.4, 0.5) is 26.9 Å². The molecule has 1 aromatic heterocycles. The molecule has 1 aliphatic heterocycles. The number of nitrogens with one attached hydrogen (secondary N) is 6. The lowest BCUT2D eigenvalue weighted by Crippen LogP contribution is -2.50. The maximum Gasteiger partial charge on any atom is 0.411 e. The fourth-order valence-corrected chi connectivity index (χ4v) is 5.42. The number of anilines is 3. The Labute approximate surface area is 264 Å². The van der Waals surface area contributed by atoms with E-state index in [1.165, 1.54) is 6.20 Å². The van der Waals surface area contributed by atoms with Gasteiger partial charge in [-0.3, -0.25) is 10.1 Å². The number of amides is 3. The summed E-state index contributed by atoms with van der Waals surface area (Å²) in [5.41, 5.74) is 2.24. The molecule has 45 heavy (non-hydrogen) atoms. The molecule has 4 rings (SSSR count). The van der Waals surface area contributed by atoms with Gasteiger partial charge in [0.2, 0.25) is 0 Å². The minimum atomic E-state index is -0.713. The highest BCUT2D eigenvalue weighted by Crippen LogP contribution is 2.37. The average molecular weight is 620 g/mol. The third-order valence-electron chi connectivity index (χ3n) is 7.21. The Kier molecular flexibility index (Phi) is 10.0. The van der Waals surface area contributed by atoms with Crippen molar-refractivity contribution in [3.8, 4) is 0 Å². The van der Waals surface area contributed by atoms with E-state index in [-0.39, 0.29) is 24.5 Å². The molecular formula is C33H45N7O5. The quantitative estimate of drug-likeness (QED) is 0.192. The maximum atomic E-state index is 13.2.